The van der Waals surface area contributed by atoms with Crippen LogP contribution in [0.15, 0.2) is 61.1 Å². The van der Waals surface area contributed by atoms with Crippen molar-refractivity contribution in [3.05, 3.63) is 83.4 Å². The molecule has 3 aromatic rings. The summed E-state index contributed by atoms with van der Waals surface area (Å²) in [5, 5.41) is 5.96. The second-order valence-electron chi connectivity index (χ2n) is 5.58. The Morgan fingerprint density at radius 2 is 1.72 bits per heavy atom. The van der Waals surface area contributed by atoms with E-state index in [1.54, 1.807) is 6.20 Å². The van der Waals surface area contributed by atoms with Crippen molar-refractivity contribution in [3.63, 3.8) is 0 Å². The third-order valence-electron chi connectivity index (χ3n) is 3.77. The molecule has 0 spiro atoms. The SMILES string of the molecule is Cc1ccccc1CNc1ncc(C(=O)NCc2ccccn2)cn1. The topological polar surface area (TPSA) is 79.8 Å². The molecule has 0 saturated heterocycles. The Kier molecular flexibility index (Phi) is 5.31. The van der Waals surface area contributed by atoms with Crippen LogP contribution in [0, 0.1) is 6.92 Å². The first-order chi connectivity index (χ1) is 12.2. The molecule has 0 atom stereocenters. The van der Waals surface area contributed by atoms with Gasteiger partial charge in [-0.05, 0) is 30.2 Å². The van der Waals surface area contributed by atoms with Crippen molar-refractivity contribution in [2.45, 2.75) is 20.0 Å². The Morgan fingerprint density at radius 1 is 0.960 bits per heavy atom. The lowest BCUT2D eigenvalue weighted by atomic mass is 10.1. The number of aryl methyl sites for hydroxylation is 1. The van der Waals surface area contributed by atoms with Crippen LogP contribution in [0.2, 0.25) is 0 Å². The van der Waals surface area contributed by atoms with Crippen LogP contribution >= 0.6 is 0 Å². The number of aromatic nitrogens is 3. The van der Waals surface area contributed by atoms with Crippen molar-refractivity contribution < 1.29 is 4.79 Å². The number of carbonyl (C=O) groups is 1. The van der Waals surface area contributed by atoms with Crippen LogP contribution in [-0.2, 0) is 13.1 Å². The molecule has 0 fully saturated rings. The summed E-state index contributed by atoms with van der Waals surface area (Å²) in [6.07, 6.45) is 4.72. The molecule has 1 aromatic carbocycles. The van der Waals surface area contributed by atoms with E-state index in [0.717, 1.165) is 5.69 Å². The highest BCUT2D eigenvalue weighted by Gasteiger charge is 2.07. The first-order valence-electron chi connectivity index (χ1n) is 8.01. The van der Waals surface area contributed by atoms with Crippen molar-refractivity contribution in [2.24, 2.45) is 0 Å². The smallest absolute Gasteiger partial charge is 0.254 e. The Balaban J connectivity index is 1.54. The maximum Gasteiger partial charge on any atom is 0.254 e. The first-order valence-corrected chi connectivity index (χ1v) is 8.01. The second kappa shape index (κ2) is 8.01. The fourth-order valence-corrected chi connectivity index (χ4v) is 2.29. The molecule has 0 aliphatic carbocycles. The van der Waals surface area contributed by atoms with Crippen LogP contribution < -0.4 is 10.6 Å². The first kappa shape index (κ1) is 16.6. The van der Waals surface area contributed by atoms with Gasteiger partial charge >= 0.3 is 0 Å². The van der Waals surface area contributed by atoms with Crippen molar-refractivity contribution in [1.29, 1.82) is 0 Å². The predicted molar refractivity (Wildman–Crippen MR) is 95.9 cm³/mol. The molecule has 0 aliphatic heterocycles. The van der Waals surface area contributed by atoms with E-state index >= 15 is 0 Å². The number of rotatable bonds is 6. The minimum atomic E-state index is -0.226. The van der Waals surface area contributed by atoms with Gasteiger partial charge in [-0.15, -0.1) is 0 Å². The van der Waals surface area contributed by atoms with E-state index < -0.39 is 0 Å². The molecule has 2 heterocycles. The summed E-state index contributed by atoms with van der Waals surface area (Å²) in [4.78, 5) is 24.7. The molecule has 0 aliphatic rings. The van der Waals surface area contributed by atoms with Crippen LogP contribution in [0.3, 0.4) is 0 Å². The zero-order valence-corrected chi connectivity index (χ0v) is 13.9. The van der Waals surface area contributed by atoms with Gasteiger partial charge in [0.05, 0.1) is 17.8 Å². The highest BCUT2D eigenvalue weighted by Crippen LogP contribution is 2.09. The van der Waals surface area contributed by atoms with Crippen molar-refractivity contribution in [2.75, 3.05) is 5.32 Å². The molecule has 6 heteroatoms. The zero-order valence-electron chi connectivity index (χ0n) is 13.9. The van der Waals surface area contributed by atoms with Crippen molar-refractivity contribution in [1.82, 2.24) is 20.3 Å². The van der Waals surface area contributed by atoms with Gasteiger partial charge in [-0.3, -0.25) is 9.78 Å². The highest BCUT2D eigenvalue weighted by molar-refractivity contribution is 5.93. The van der Waals surface area contributed by atoms with E-state index in [1.165, 1.54) is 23.5 Å². The molecule has 126 valence electrons. The third kappa shape index (κ3) is 4.60. The summed E-state index contributed by atoms with van der Waals surface area (Å²) in [5.41, 5.74) is 3.61. The number of benzene rings is 1. The fraction of sp³-hybridized carbons (Fsp3) is 0.158. The number of amides is 1. The second-order valence-corrected chi connectivity index (χ2v) is 5.58. The maximum absolute atomic E-state index is 12.1. The Labute approximate surface area is 146 Å². The number of pyridine rings is 1. The van der Waals surface area contributed by atoms with E-state index in [1.807, 2.05) is 30.3 Å². The van der Waals surface area contributed by atoms with Crippen molar-refractivity contribution >= 4 is 11.9 Å². The van der Waals surface area contributed by atoms with Crippen LogP contribution in [0.1, 0.15) is 27.2 Å². The van der Waals surface area contributed by atoms with Crippen LogP contribution in [0.25, 0.3) is 0 Å². The lowest BCUT2D eigenvalue weighted by Crippen LogP contribution is -2.23. The van der Waals surface area contributed by atoms with Gasteiger partial charge in [0.2, 0.25) is 5.95 Å². The third-order valence-corrected chi connectivity index (χ3v) is 3.77. The molecule has 3 rings (SSSR count). The molecule has 1 amide bonds. The van der Waals surface area contributed by atoms with Gasteiger partial charge in [-0.1, -0.05) is 30.3 Å². The number of hydrogen-bond acceptors (Lipinski definition) is 5. The van der Waals surface area contributed by atoms with Crippen molar-refractivity contribution in [3.8, 4) is 0 Å². The lowest BCUT2D eigenvalue weighted by Gasteiger charge is -2.08. The van der Waals surface area contributed by atoms with Crippen LogP contribution in [-0.4, -0.2) is 20.9 Å². The van der Waals surface area contributed by atoms with E-state index in [4.69, 9.17) is 0 Å². The molecular formula is C19H19N5O. The highest BCUT2D eigenvalue weighted by atomic mass is 16.1. The molecule has 6 nitrogen and oxygen atoms in total. The minimum absolute atomic E-state index is 0.226. The van der Waals surface area contributed by atoms with E-state index in [9.17, 15) is 4.79 Å². The normalized spacial score (nSPS) is 10.3. The van der Waals surface area contributed by atoms with E-state index in [0.29, 0.717) is 24.6 Å². The monoisotopic (exact) mass is 333 g/mol. The van der Waals surface area contributed by atoms with Gasteiger partial charge in [0.1, 0.15) is 0 Å². The predicted octanol–water partition coefficient (Wildman–Crippen LogP) is 2.72. The summed E-state index contributed by atoms with van der Waals surface area (Å²) in [5.74, 6) is 0.264. The van der Waals surface area contributed by atoms with E-state index in [2.05, 4.69) is 44.6 Å². The maximum atomic E-state index is 12.1. The number of nitrogens with one attached hydrogen (secondary N) is 2. The summed E-state index contributed by atoms with van der Waals surface area (Å²) >= 11 is 0. The average Bonchev–Trinajstić information content (AvgIpc) is 2.67. The van der Waals surface area contributed by atoms with Gasteiger partial charge in [0, 0.05) is 25.1 Å². The Hall–Kier alpha value is -3.28. The van der Waals surface area contributed by atoms with E-state index in [-0.39, 0.29) is 5.91 Å². The molecule has 0 radical (unpaired) electrons. The largest absolute Gasteiger partial charge is 0.350 e. The van der Waals surface area contributed by atoms with Crippen LogP contribution in [0.4, 0.5) is 5.95 Å². The number of anilines is 1. The number of hydrogen-bond donors (Lipinski definition) is 2. The van der Waals surface area contributed by atoms with Gasteiger partial charge in [-0.2, -0.15) is 0 Å². The summed E-state index contributed by atoms with van der Waals surface area (Å²) < 4.78 is 0. The van der Waals surface area contributed by atoms with Gasteiger partial charge < -0.3 is 10.6 Å². The number of nitrogens with zero attached hydrogens (tertiary/aromatic N) is 3. The van der Waals surface area contributed by atoms with Gasteiger partial charge in [0.15, 0.2) is 0 Å². The molecule has 0 bridgehead atoms. The van der Waals surface area contributed by atoms with Gasteiger partial charge in [0.25, 0.3) is 5.91 Å². The average molecular weight is 333 g/mol. The van der Waals surface area contributed by atoms with Gasteiger partial charge in [-0.25, -0.2) is 9.97 Å². The van der Waals surface area contributed by atoms with Crippen LogP contribution in [0.5, 0.6) is 0 Å². The standard InChI is InChI=1S/C19H19N5O/c1-14-6-2-3-7-15(14)10-22-19-23-11-16(12-24-19)18(25)21-13-17-8-4-5-9-20-17/h2-9,11-12H,10,13H2,1H3,(H,21,25)(H,22,23,24). The molecule has 0 saturated carbocycles. The fourth-order valence-electron chi connectivity index (χ4n) is 2.29. The Morgan fingerprint density at radius 3 is 2.44 bits per heavy atom. The summed E-state index contributed by atoms with van der Waals surface area (Å²) in [6, 6.07) is 13.7. The molecule has 2 aromatic heterocycles. The minimum Gasteiger partial charge on any atom is -0.350 e. The molecule has 0 unspecified atom stereocenters. The molecule has 25 heavy (non-hydrogen) atoms. The lowest BCUT2D eigenvalue weighted by molar-refractivity contribution is 0.0949. The molecule has 2 N–H and O–H groups in total. The summed E-state index contributed by atoms with van der Waals surface area (Å²) in [6.45, 7) is 3.07. The summed E-state index contributed by atoms with van der Waals surface area (Å²) in [7, 11) is 0. The number of carbonyl (C=O) groups excluding carboxylic acids is 1. The Bertz CT molecular complexity index is 834. The molecular weight excluding hydrogens is 314 g/mol. The quantitative estimate of drug-likeness (QED) is 0.725. The zero-order chi connectivity index (χ0) is 17.5.